The first-order valence-corrected chi connectivity index (χ1v) is 3.38. The minimum Gasteiger partial charge on any atom is -0.465 e. The van der Waals surface area contributed by atoms with Gasteiger partial charge in [-0.3, -0.25) is 9.69 Å². The third-order valence-corrected chi connectivity index (χ3v) is 1.81. The Bertz CT molecular complexity index is 192. The maximum atomic E-state index is 10.9. The fourth-order valence-corrected chi connectivity index (χ4v) is 1.06. The van der Waals surface area contributed by atoms with Gasteiger partial charge in [-0.15, -0.1) is 0 Å². The summed E-state index contributed by atoms with van der Waals surface area (Å²) in [7, 11) is 1.50. The van der Waals surface area contributed by atoms with Crippen LogP contribution in [0.2, 0.25) is 0 Å². The average molecular weight is 158 g/mol. The molecule has 0 aromatic heterocycles. The molecule has 11 heavy (non-hydrogen) atoms. The van der Waals surface area contributed by atoms with Crippen molar-refractivity contribution in [3.63, 3.8) is 0 Å². The van der Waals surface area contributed by atoms with Crippen LogP contribution in [0.25, 0.3) is 0 Å². The first-order chi connectivity index (χ1) is 5.16. The Morgan fingerprint density at radius 3 is 2.55 bits per heavy atom. The van der Waals surface area contributed by atoms with Crippen molar-refractivity contribution in [1.82, 2.24) is 10.2 Å². The topological polar surface area (TPSA) is 69.6 Å². The highest BCUT2D eigenvalue weighted by Gasteiger charge is 2.36. The molecule has 0 aromatic rings. The van der Waals surface area contributed by atoms with E-state index in [1.165, 1.54) is 7.05 Å². The van der Waals surface area contributed by atoms with Gasteiger partial charge in [0.25, 0.3) is 0 Å². The molecule has 2 N–H and O–H groups in total. The lowest BCUT2D eigenvalue weighted by molar-refractivity contribution is -0.128. The molecule has 0 aromatic carbocycles. The quantitative estimate of drug-likeness (QED) is 0.539. The van der Waals surface area contributed by atoms with E-state index < -0.39 is 12.1 Å². The summed E-state index contributed by atoms with van der Waals surface area (Å²) in [5.41, 5.74) is 0. The molecule has 0 unspecified atom stereocenters. The van der Waals surface area contributed by atoms with Crippen molar-refractivity contribution in [1.29, 1.82) is 0 Å². The molecule has 1 rings (SSSR count). The van der Waals surface area contributed by atoms with Crippen LogP contribution in [-0.2, 0) is 4.79 Å². The van der Waals surface area contributed by atoms with Gasteiger partial charge in [-0.25, -0.2) is 4.79 Å². The van der Waals surface area contributed by atoms with Crippen LogP contribution >= 0.6 is 0 Å². The van der Waals surface area contributed by atoms with Crippen molar-refractivity contribution >= 4 is 12.0 Å². The number of likely N-dealkylation sites (tertiary alicyclic amines) is 1. The van der Waals surface area contributed by atoms with Crippen molar-refractivity contribution in [2.45, 2.75) is 12.5 Å². The van der Waals surface area contributed by atoms with Crippen LogP contribution in [0.3, 0.4) is 0 Å². The molecule has 0 aliphatic carbocycles. The van der Waals surface area contributed by atoms with E-state index in [0.29, 0.717) is 13.0 Å². The Balaban J connectivity index is 2.49. The van der Waals surface area contributed by atoms with Crippen molar-refractivity contribution in [2.75, 3.05) is 13.6 Å². The minimum atomic E-state index is -1.02. The maximum Gasteiger partial charge on any atom is 0.407 e. The van der Waals surface area contributed by atoms with Gasteiger partial charge < -0.3 is 10.4 Å². The molecule has 1 saturated heterocycles. The summed E-state index contributed by atoms with van der Waals surface area (Å²) < 4.78 is 0. The average Bonchev–Trinajstić information content (AvgIpc) is 1.83. The first-order valence-electron chi connectivity index (χ1n) is 3.38. The van der Waals surface area contributed by atoms with Crippen LogP contribution in [0.1, 0.15) is 6.42 Å². The summed E-state index contributed by atoms with van der Waals surface area (Å²) in [5, 5.41) is 10.9. The van der Waals surface area contributed by atoms with Crippen LogP contribution in [0.15, 0.2) is 0 Å². The zero-order valence-electron chi connectivity index (χ0n) is 6.20. The van der Waals surface area contributed by atoms with Gasteiger partial charge >= 0.3 is 6.09 Å². The van der Waals surface area contributed by atoms with Crippen LogP contribution in [0, 0.1) is 0 Å². The Labute approximate surface area is 64.0 Å². The SMILES string of the molecule is CNC(=O)[C@@H]1CCN1C(=O)O. The summed E-state index contributed by atoms with van der Waals surface area (Å²) in [6.45, 7) is 0.466. The fraction of sp³-hybridized carbons (Fsp3) is 0.667. The second-order valence-corrected chi connectivity index (χ2v) is 2.39. The largest absolute Gasteiger partial charge is 0.465 e. The van der Waals surface area contributed by atoms with E-state index in [1.807, 2.05) is 0 Å². The molecule has 0 bridgehead atoms. The van der Waals surface area contributed by atoms with E-state index in [1.54, 1.807) is 0 Å². The lowest BCUT2D eigenvalue weighted by atomic mass is 10.0. The maximum absolute atomic E-state index is 10.9. The Morgan fingerprint density at radius 1 is 1.64 bits per heavy atom. The number of carbonyl (C=O) groups excluding carboxylic acids is 1. The van der Waals surface area contributed by atoms with Gasteiger partial charge in [-0.2, -0.15) is 0 Å². The van der Waals surface area contributed by atoms with E-state index in [2.05, 4.69) is 5.32 Å². The van der Waals surface area contributed by atoms with Crippen LogP contribution in [0.5, 0.6) is 0 Å². The Kier molecular flexibility index (Phi) is 1.98. The molecule has 1 aliphatic heterocycles. The minimum absolute atomic E-state index is 0.223. The second kappa shape index (κ2) is 2.77. The smallest absolute Gasteiger partial charge is 0.407 e. The molecule has 1 aliphatic rings. The third kappa shape index (κ3) is 1.26. The number of carbonyl (C=O) groups is 2. The number of hydrogen-bond donors (Lipinski definition) is 2. The van der Waals surface area contributed by atoms with Gasteiger partial charge in [-0.05, 0) is 6.42 Å². The van der Waals surface area contributed by atoms with E-state index in [0.717, 1.165) is 4.90 Å². The van der Waals surface area contributed by atoms with Gasteiger partial charge in [0, 0.05) is 13.6 Å². The normalized spacial score (nSPS) is 22.3. The predicted molar refractivity (Wildman–Crippen MR) is 37.2 cm³/mol. The summed E-state index contributed by atoms with van der Waals surface area (Å²) in [6, 6.07) is -0.461. The van der Waals surface area contributed by atoms with E-state index in [9.17, 15) is 9.59 Å². The monoisotopic (exact) mass is 158 g/mol. The lowest BCUT2D eigenvalue weighted by Gasteiger charge is -2.36. The number of hydrogen-bond acceptors (Lipinski definition) is 2. The second-order valence-electron chi connectivity index (χ2n) is 2.39. The molecule has 2 amide bonds. The van der Waals surface area contributed by atoms with E-state index >= 15 is 0 Å². The molecule has 1 heterocycles. The standard InChI is InChI=1S/C6H10N2O3/c1-7-5(9)4-2-3-8(4)6(10)11/h4H,2-3H2,1H3,(H,7,9)(H,10,11)/t4-/m0/s1. The molecule has 1 fully saturated rings. The van der Waals surface area contributed by atoms with Gasteiger partial charge in [0.15, 0.2) is 0 Å². The van der Waals surface area contributed by atoms with Crippen molar-refractivity contribution in [3.8, 4) is 0 Å². The van der Waals surface area contributed by atoms with Gasteiger partial charge in [0.05, 0.1) is 0 Å². The summed E-state index contributed by atoms with van der Waals surface area (Å²) in [5.74, 6) is -0.223. The molecule has 0 spiro atoms. The number of carboxylic acid groups (broad SMARTS) is 1. The van der Waals surface area contributed by atoms with E-state index in [4.69, 9.17) is 5.11 Å². The Morgan fingerprint density at radius 2 is 2.27 bits per heavy atom. The highest BCUT2D eigenvalue weighted by Crippen LogP contribution is 2.16. The molecular weight excluding hydrogens is 148 g/mol. The molecule has 1 atom stereocenters. The zero-order chi connectivity index (χ0) is 8.43. The predicted octanol–water partition coefficient (Wildman–Crippen LogP) is -0.515. The molecular formula is C6H10N2O3. The number of nitrogens with one attached hydrogen (secondary N) is 1. The summed E-state index contributed by atoms with van der Waals surface area (Å²) >= 11 is 0. The summed E-state index contributed by atoms with van der Waals surface area (Å²) in [6.07, 6.45) is -0.392. The first kappa shape index (κ1) is 7.84. The number of nitrogens with zero attached hydrogens (tertiary/aromatic N) is 1. The van der Waals surface area contributed by atoms with Crippen LogP contribution in [0.4, 0.5) is 4.79 Å². The van der Waals surface area contributed by atoms with Crippen molar-refractivity contribution < 1.29 is 14.7 Å². The number of amides is 2. The third-order valence-electron chi connectivity index (χ3n) is 1.81. The van der Waals surface area contributed by atoms with Crippen molar-refractivity contribution in [3.05, 3.63) is 0 Å². The molecule has 5 nitrogen and oxygen atoms in total. The van der Waals surface area contributed by atoms with Gasteiger partial charge in [0.1, 0.15) is 6.04 Å². The van der Waals surface area contributed by atoms with Gasteiger partial charge in [0.2, 0.25) is 5.91 Å². The van der Waals surface area contributed by atoms with Crippen molar-refractivity contribution in [2.24, 2.45) is 0 Å². The van der Waals surface area contributed by atoms with Gasteiger partial charge in [-0.1, -0.05) is 0 Å². The number of likely N-dealkylation sites (N-methyl/N-ethyl adjacent to an activating group) is 1. The fourth-order valence-electron chi connectivity index (χ4n) is 1.06. The highest BCUT2D eigenvalue weighted by atomic mass is 16.4. The van der Waals surface area contributed by atoms with Crippen LogP contribution in [-0.4, -0.2) is 41.6 Å². The lowest BCUT2D eigenvalue weighted by Crippen LogP contribution is -2.57. The van der Waals surface area contributed by atoms with E-state index in [-0.39, 0.29) is 5.91 Å². The molecule has 0 saturated carbocycles. The highest BCUT2D eigenvalue weighted by molar-refractivity contribution is 5.86. The molecule has 62 valence electrons. The summed E-state index contributed by atoms with van der Waals surface area (Å²) in [4.78, 5) is 22.4. The number of rotatable bonds is 1. The zero-order valence-corrected chi connectivity index (χ0v) is 6.20. The molecule has 0 radical (unpaired) electrons. The Hall–Kier alpha value is -1.26. The van der Waals surface area contributed by atoms with Crippen LogP contribution < -0.4 is 5.32 Å². The molecule has 5 heteroatoms.